The SMILES string of the molecule is CCCC(Cc1ncnn1CC(C)C)C(=O)O. The Kier molecular flexibility index (Phi) is 5.12. The number of carboxylic acids is 1. The highest BCUT2D eigenvalue weighted by Gasteiger charge is 2.20. The van der Waals surface area contributed by atoms with Crippen molar-refractivity contribution >= 4 is 5.97 Å². The smallest absolute Gasteiger partial charge is 0.306 e. The second kappa shape index (κ2) is 6.37. The summed E-state index contributed by atoms with van der Waals surface area (Å²) in [5.41, 5.74) is 0. The second-order valence-corrected chi connectivity index (χ2v) is 4.78. The Hall–Kier alpha value is -1.39. The minimum absolute atomic E-state index is 0.352. The Morgan fingerprint density at radius 2 is 2.24 bits per heavy atom. The fourth-order valence-electron chi connectivity index (χ4n) is 1.83. The van der Waals surface area contributed by atoms with Gasteiger partial charge in [-0.3, -0.25) is 4.79 Å². The first kappa shape index (κ1) is 13.7. The summed E-state index contributed by atoms with van der Waals surface area (Å²) in [6, 6.07) is 0. The number of aromatic nitrogens is 3. The quantitative estimate of drug-likeness (QED) is 0.790. The molecule has 5 nitrogen and oxygen atoms in total. The van der Waals surface area contributed by atoms with Crippen molar-refractivity contribution in [2.75, 3.05) is 0 Å². The van der Waals surface area contributed by atoms with E-state index in [0.717, 1.165) is 18.8 Å². The standard InChI is InChI=1S/C12H21N3O2/c1-4-5-10(12(16)17)6-11-13-8-14-15(11)7-9(2)3/h8-10H,4-7H2,1-3H3,(H,16,17). The van der Waals surface area contributed by atoms with E-state index in [0.29, 0.717) is 18.8 Å². The molecule has 96 valence electrons. The Morgan fingerprint density at radius 3 is 2.76 bits per heavy atom. The van der Waals surface area contributed by atoms with Crippen molar-refractivity contribution in [2.45, 2.75) is 46.6 Å². The van der Waals surface area contributed by atoms with Crippen LogP contribution in [0.5, 0.6) is 0 Å². The lowest BCUT2D eigenvalue weighted by Crippen LogP contribution is -2.20. The molecule has 17 heavy (non-hydrogen) atoms. The lowest BCUT2D eigenvalue weighted by atomic mass is 9.99. The summed E-state index contributed by atoms with van der Waals surface area (Å²) in [7, 11) is 0. The highest BCUT2D eigenvalue weighted by molar-refractivity contribution is 5.70. The average Bonchev–Trinajstić information content (AvgIpc) is 2.64. The number of carbonyl (C=O) groups is 1. The largest absolute Gasteiger partial charge is 0.481 e. The van der Waals surface area contributed by atoms with Gasteiger partial charge in [-0.25, -0.2) is 9.67 Å². The van der Waals surface area contributed by atoms with Gasteiger partial charge in [0.15, 0.2) is 0 Å². The normalized spacial score (nSPS) is 12.9. The Labute approximate surface area is 102 Å². The molecule has 1 N–H and O–H groups in total. The molecule has 0 amide bonds. The third kappa shape index (κ3) is 4.17. The summed E-state index contributed by atoms with van der Waals surface area (Å²) >= 11 is 0. The van der Waals surface area contributed by atoms with E-state index >= 15 is 0 Å². The van der Waals surface area contributed by atoms with Crippen LogP contribution in [0.1, 0.15) is 39.4 Å². The predicted molar refractivity (Wildman–Crippen MR) is 64.6 cm³/mol. The summed E-state index contributed by atoms with van der Waals surface area (Å²) in [5.74, 6) is 0.158. The van der Waals surface area contributed by atoms with Crippen molar-refractivity contribution in [2.24, 2.45) is 11.8 Å². The summed E-state index contributed by atoms with van der Waals surface area (Å²) in [6.45, 7) is 6.99. The number of rotatable bonds is 7. The van der Waals surface area contributed by atoms with E-state index in [-0.39, 0.29) is 5.92 Å². The molecule has 1 unspecified atom stereocenters. The molecule has 0 spiro atoms. The maximum Gasteiger partial charge on any atom is 0.306 e. The topological polar surface area (TPSA) is 68.0 Å². The molecule has 1 aromatic rings. The van der Waals surface area contributed by atoms with Crippen LogP contribution in [0, 0.1) is 11.8 Å². The van der Waals surface area contributed by atoms with Gasteiger partial charge >= 0.3 is 5.97 Å². The van der Waals surface area contributed by atoms with Gasteiger partial charge in [-0.1, -0.05) is 27.2 Å². The number of aliphatic carboxylic acids is 1. The van der Waals surface area contributed by atoms with E-state index in [2.05, 4.69) is 23.9 Å². The maximum atomic E-state index is 11.1. The molecule has 0 radical (unpaired) electrons. The van der Waals surface area contributed by atoms with Gasteiger partial charge in [0.25, 0.3) is 0 Å². The van der Waals surface area contributed by atoms with Crippen molar-refractivity contribution in [3.05, 3.63) is 12.2 Å². The van der Waals surface area contributed by atoms with Crippen molar-refractivity contribution < 1.29 is 9.90 Å². The van der Waals surface area contributed by atoms with Crippen LogP contribution in [-0.2, 0) is 17.8 Å². The average molecular weight is 239 g/mol. The van der Waals surface area contributed by atoms with Gasteiger partial charge in [0.1, 0.15) is 12.2 Å². The zero-order chi connectivity index (χ0) is 12.8. The zero-order valence-corrected chi connectivity index (χ0v) is 10.8. The van der Waals surface area contributed by atoms with Crippen LogP contribution in [0.25, 0.3) is 0 Å². The molecule has 0 aliphatic carbocycles. The van der Waals surface area contributed by atoms with Gasteiger partial charge in [0.2, 0.25) is 0 Å². The van der Waals surface area contributed by atoms with Gasteiger partial charge in [-0.2, -0.15) is 5.10 Å². The summed E-state index contributed by atoms with van der Waals surface area (Å²) < 4.78 is 1.82. The first-order valence-electron chi connectivity index (χ1n) is 6.14. The monoisotopic (exact) mass is 239 g/mol. The third-order valence-corrected chi connectivity index (χ3v) is 2.65. The summed E-state index contributed by atoms with van der Waals surface area (Å²) in [4.78, 5) is 15.3. The van der Waals surface area contributed by atoms with Gasteiger partial charge in [-0.15, -0.1) is 0 Å². The minimum Gasteiger partial charge on any atom is -0.481 e. The van der Waals surface area contributed by atoms with Crippen LogP contribution < -0.4 is 0 Å². The highest BCUT2D eigenvalue weighted by Crippen LogP contribution is 2.13. The van der Waals surface area contributed by atoms with Crippen molar-refractivity contribution in [1.82, 2.24) is 14.8 Å². The lowest BCUT2D eigenvalue weighted by Gasteiger charge is -2.12. The van der Waals surface area contributed by atoms with Crippen LogP contribution >= 0.6 is 0 Å². The number of hydrogen-bond acceptors (Lipinski definition) is 3. The van der Waals surface area contributed by atoms with E-state index < -0.39 is 5.97 Å². The van der Waals surface area contributed by atoms with Gasteiger partial charge < -0.3 is 5.11 Å². The molecule has 0 saturated carbocycles. The highest BCUT2D eigenvalue weighted by atomic mass is 16.4. The molecule has 1 rings (SSSR count). The van der Waals surface area contributed by atoms with E-state index in [1.807, 2.05) is 11.6 Å². The zero-order valence-electron chi connectivity index (χ0n) is 10.8. The van der Waals surface area contributed by atoms with E-state index in [4.69, 9.17) is 5.11 Å². The van der Waals surface area contributed by atoms with Crippen LogP contribution in [0.2, 0.25) is 0 Å². The van der Waals surface area contributed by atoms with Gasteiger partial charge in [0.05, 0.1) is 5.92 Å². The van der Waals surface area contributed by atoms with Gasteiger partial charge in [0, 0.05) is 13.0 Å². The van der Waals surface area contributed by atoms with E-state index in [9.17, 15) is 4.79 Å². The third-order valence-electron chi connectivity index (χ3n) is 2.65. The Bertz CT molecular complexity index is 360. The molecule has 0 aromatic carbocycles. The van der Waals surface area contributed by atoms with E-state index in [1.165, 1.54) is 6.33 Å². The minimum atomic E-state index is -0.744. The molecule has 1 aromatic heterocycles. The molecule has 5 heteroatoms. The second-order valence-electron chi connectivity index (χ2n) is 4.78. The molecule has 0 aliphatic rings. The fourth-order valence-corrected chi connectivity index (χ4v) is 1.83. The summed E-state index contributed by atoms with van der Waals surface area (Å²) in [5, 5.41) is 13.3. The molecule has 1 heterocycles. The predicted octanol–water partition coefficient (Wildman–Crippen LogP) is 1.98. The van der Waals surface area contributed by atoms with Crippen molar-refractivity contribution in [3.63, 3.8) is 0 Å². The summed E-state index contributed by atoms with van der Waals surface area (Å²) in [6.07, 6.45) is 3.53. The molecule has 1 atom stereocenters. The Morgan fingerprint density at radius 1 is 1.53 bits per heavy atom. The molecule has 0 bridgehead atoms. The first-order chi connectivity index (χ1) is 8.04. The van der Waals surface area contributed by atoms with Crippen molar-refractivity contribution in [3.8, 4) is 0 Å². The number of nitrogens with zero attached hydrogens (tertiary/aromatic N) is 3. The van der Waals surface area contributed by atoms with Crippen LogP contribution in [0.4, 0.5) is 0 Å². The van der Waals surface area contributed by atoms with Crippen LogP contribution in [-0.4, -0.2) is 25.8 Å². The van der Waals surface area contributed by atoms with Crippen LogP contribution in [0.15, 0.2) is 6.33 Å². The lowest BCUT2D eigenvalue weighted by molar-refractivity contribution is -0.142. The first-order valence-corrected chi connectivity index (χ1v) is 6.14. The molecule has 0 fully saturated rings. The van der Waals surface area contributed by atoms with Gasteiger partial charge in [-0.05, 0) is 12.3 Å². The van der Waals surface area contributed by atoms with Crippen molar-refractivity contribution in [1.29, 1.82) is 0 Å². The number of hydrogen-bond donors (Lipinski definition) is 1. The fraction of sp³-hybridized carbons (Fsp3) is 0.750. The Balaban J connectivity index is 2.71. The van der Waals surface area contributed by atoms with E-state index in [1.54, 1.807) is 0 Å². The molecule has 0 saturated heterocycles. The molecular weight excluding hydrogens is 218 g/mol. The molecule has 0 aliphatic heterocycles. The molecular formula is C12H21N3O2. The number of carboxylic acid groups (broad SMARTS) is 1. The maximum absolute atomic E-state index is 11.1. The van der Waals surface area contributed by atoms with Crippen LogP contribution in [0.3, 0.4) is 0 Å².